The highest BCUT2D eigenvalue weighted by atomic mass is 32.2. The van der Waals surface area contributed by atoms with E-state index in [2.05, 4.69) is 0 Å². The van der Waals surface area contributed by atoms with Crippen LogP contribution in [0, 0.1) is 0 Å². The van der Waals surface area contributed by atoms with Crippen LogP contribution in [0.25, 0.3) is 0 Å². The average Bonchev–Trinajstić information content (AvgIpc) is 1.98. The van der Waals surface area contributed by atoms with Gasteiger partial charge in [-0.15, -0.1) is 0 Å². The number of aliphatic hydroxyl groups is 1. The molecule has 3 atom stereocenters. The fourth-order valence-electron chi connectivity index (χ4n) is 0.785. The third-order valence-corrected chi connectivity index (χ3v) is 2.89. The quantitative estimate of drug-likeness (QED) is 0.481. The van der Waals surface area contributed by atoms with E-state index < -0.39 is 0 Å². The van der Waals surface area contributed by atoms with Gasteiger partial charge in [-0.1, -0.05) is 6.92 Å². The summed E-state index contributed by atoms with van der Waals surface area (Å²) in [6.07, 6.45) is -0.269. The molecule has 0 bridgehead atoms. The van der Waals surface area contributed by atoms with Crippen molar-refractivity contribution in [2.24, 2.45) is 5.73 Å². The zero-order valence-electron chi connectivity index (χ0n) is 4.87. The van der Waals surface area contributed by atoms with Gasteiger partial charge in [-0.2, -0.15) is 11.8 Å². The van der Waals surface area contributed by atoms with Gasteiger partial charge in [0.25, 0.3) is 0 Å². The summed E-state index contributed by atoms with van der Waals surface area (Å²) in [5, 5.41) is 9.46. The summed E-state index contributed by atoms with van der Waals surface area (Å²) in [6.45, 7) is 2.05. The first-order valence-corrected chi connectivity index (χ1v) is 3.82. The third kappa shape index (κ3) is 0.989. The smallest absolute Gasteiger partial charge is 0.0792 e. The van der Waals surface area contributed by atoms with E-state index in [1.807, 2.05) is 6.92 Å². The maximum absolute atomic E-state index is 9.02. The Morgan fingerprint density at radius 1 is 1.75 bits per heavy atom. The molecule has 1 heterocycles. The third-order valence-electron chi connectivity index (χ3n) is 1.52. The van der Waals surface area contributed by atoms with Gasteiger partial charge in [0.2, 0.25) is 0 Å². The molecule has 0 aromatic rings. The minimum atomic E-state index is -0.269. The fourth-order valence-corrected chi connectivity index (χ4v) is 1.91. The van der Waals surface area contributed by atoms with Crippen molar-refractivity contribution in [3.63, 3.8) is 0 Å². The number of nitrogens with two attached hydrogens (primary N) is 1. The Hall–Kier alpha value is 0.270. The van der Waals surface area contributed by atoms with E-state index in [0.717, 1.165) is 5.75 Å². The number of rotatable bonds is 0. The fraction of sp³-hybridized carbons (Fsp3) is 1.00. The molecule has 0 aliphatic carbocycles. The maximum Gasteiger partial charge on any atom is 0.0792 e. The minimum absolute atomic E-state index is 0.000000000000000222. The van der Waals surface area contributed by atoms with Gasteiger partial charge in [0.1, 0.15) is 0 Å². The van der Waals surface area contributed by atoms with Crippen LogP contribution in [0.3, 0.4) is 0 Å². The van der Waals surface area contributed by atoms with E-state index in [1.54, 1.807) is 11.8 Å². The van der Waals surface area contributed by atoms with Crippen molar-refractivity contribution in [1.29, 1.82) is 0 Å². The monoisotopic (exact) mass is 133 g/mol. The molecule has 1 fully saturated rings. The molecule has 48 valence electrons. The lowest BCUT2D eigenvalue weighted by molar-refractivity contribution is 0.176. The van der Waals surface area contributed by atoms with Crippen LogP contribution in [0.15, 0.2) is 0 Å². The minimum Gasteiger partial charge on any atom is -0.391 e. The summed E-state index contributed by atoms with van der Waals surface area (Å²) >= 11 is 1.74. The number of hydrogen-bond donors (Lipinski definition) is 2. The van der Waals surface area contributed by atoms with Crippen molar-refractivity contribution in [3.8, 4) is 0 Å². The SMILES string of the molecule is CC1SCC(O)C1N. The van der Waals surface area contributed by atoms with Crippen molar-refractivity contribution in [1.82, 2.24) is 0 Å². The molecule has 3 heteroatoms. The largest absolute Gasteiger partial charge is 0.391 e. The van der Waals surface area contributed by atoms with Crippen molar-refractivity contribution >= 4 is 11.8 Å². The molecule has 0 saturated carbocycles. The van der Waals surface area contributed by atoms with Crippen LogP contribution < -0.4 is 5.73 Å². The van der Waals surface area contributed by atoms with Crippen LogP contribution in [0.5, 0.6) is 0 Å². The first-order chi connectivity index (χ1) is 3.72. The Kier molecular flexibility index (Phi) is 1.80. The summed E-state index contributed by atoms with van der Waals surface area (Å²) in [5.74, 6) is 0.808. The summed E-state index contributed by atoms with van der Waals surface area (Å²) < 4.78 is 0. The summed E-state index contributed by atoms with van der Waals surface area (Å²) in [5.41, 5.74) is 5.55. The Balaban J connectivity index is 2.44. The molecule has 0 radical (unpaired) electrons. The second-order valence-corrected chi connectivity index (χ2v) is 3.59. The lowest BCUT2D eigenvalue weighted by Crippen LogP contribution is -2.36. The van der Waals surface area contributed by atoms with Gasteiger partial charge in [0.15, 0.2) is 0 Å². The molecule has 1 aliphatic heterocycles. The highest BCUT2D eigenvalue weighted by molar-refractivity contribution is 8.00. The molecule has 3 N–H and O–H groups in total. The van der Waals surface area contributed by atoms with Crippen LogP contribution >= 0.6 is 11.8 Å². The van der Waals surface area contributed by atoms with Crippen molar-refractivity contribution in [3.05, 3.63) is 0 Å². The topological polar surface area (TPSA) is 46.2 Å². The van der Waals surface area contributed by atoms with E-state index >= 15 is 0 Å². The normalized spacial score (nSPS) is 47.6. The molecule has 0 spiro atoms. The molecule has 0 aromatic carbocycles. The average molecular weight is 133 g/mol. The molecule has 1 rings (SSSR count). The van der Waals surface area contributed by atoms with Crippen LogP contribution in [0.1, 0.15) is 6.92 Å². The van der Waals surface area contributed by atoms with Crippen LogP contribution in [0.2, 0.25) is 0 Å². The second-order valence-electron chi connectivity index (χ2n) is 2.18. The zero-order chi connectivity index (χ0) is 6.15. The molecule has 0 amide bonds. The van der Waals surface area contributed by atoms with Crippen molar-refractivity contribution < 1.29 is 5.11 Å². The highest BCUT2D eigenvalue weighted by Crippen LogP contribution is 2.24. The van der Waals surface area contributed by atoms with Crippen molar-refractivity contribution in [2.75, 3.05) is 5.75 Å². The van der Waals surface area contributed by atoms with E-state index in [9.17, 15) is 0 Å². The number of hydrogen-bond acceptors (Lipinski definition) is 3. The molecule has 1 saturated heterocycles. The second kappa shape index (κ2) is 2.25. The summed E-state index contributed by atoms with van der Waals surface area (Å²) in [6, 6.07) is -0.000000000000000222. The molecule has 0 aromatic heterocycles. The van der Waals surface area contributed by atoms with Crippen LogP contribution in [-0.4, -0.2) is 28.3 Å². The molecule has 1 aliphatic rings. The van der Waals surface area contributed by atoms with E-state index in [-0.39, 0.29) is 12.1 Å². The first kappa shape index (κ1) is 6.39. The van der Waals surface area contributed by atoms with E-state index in [0.29, 0.717) is 5.25 Å². The summed E-state index contributed by atoms with van der Waals surface area (Å²) in [7, 11) is 0. The van der Waals surface area contributed by atoms with Crippen LogP contribution in [-0.2, 0) is 0 Å². The lowest BCUT2D eigenvalue weighted by Gasteiger charge is -2.09. The Bertz CT molecular complexity index is 78.5. The summed E-state index contributed by atoms with van der Waals surface area (Å²) in [4.78, 5) is 0. The van der Waals surface area contributed by atoms with Gasteiger partial charge in [-0.25, -0.2) is 0 Å². The van der Waals surface area contributed by atoms with Crippen LogP contribution in [0.4, 0.5) is 0 Å². The predicted molar refractivity (Wildman–Crippen MR) is 35.9 cm³/mol. The molecule has 8 heavy (non-hydrogen) atoms. The Morgan fingerprint density at radius 3 is 2.50 bits per heavy atom. The highest BCUT2D eigenvalue weighted by Gasteiger charge is 2.28. The lowest BCUT2D eigenvalue weighted by atomic mass is 10.1. The van der Waals surface area contributed by atoms with Gasteiger partial charge in [0, 0.05) is 17.0 Å². The van der Waals surface area contributed by atoms with Gasteiger partial charge in [-0.05, 0) is 0 Å². The molecule has 3 unspecified atom stereocenters. The van der Waals surface area contributed by atoms with Gasteiger partial charge in [-0.3, -0.25) is 0 Å². The van der Waals surface area contributed by atoms with Gasteiger partial charge in [0.05, 0.1) is 6.10 Å². The Labute approximate surface area is 53.5 Å². The maximum atomic E-state index is 9.02. The number of aliphatic hydroxyl groups excluding tert-OH is 1. The molecular weight excluding hydrogens is 122 g/mol. The van der Waals surface area contributed by atoms with Gasteiger partial charge >= 0.3 is 0 Å². The number of thioether (sulfide) groups is 1. The predicted octanol–water partition coefficient (Wildman–Crippen LogP) is -0.190. The first-order valence-electron chi connectivity index (χ1n) is 2.77. The van der Waals surface area contributed by atoms with E-state index in [4.69, 9.17) is 10.8 Å². The Morgan fingerprint density at radius 2 is 2.38 bits per heavy atom. The van der Waals surface area contributed by atoms with Gasteiger partial charge < -0.3 is 10.8 Å². The molecule has 2 nitrogen and oxygen atoms in total. The van der Waals surface area contributed by atoms with Crippen molar-refractivity contribution in [2.45, 2.75) is 24.3 Å². The zero-order valence-corrected chi connectivity index (χ0v) is 5.69. The molecular formula is C5H11NOS. The van der Waals surface area contributed by atoms with E-state index in [1.165, 1.54) is 0 Å². The standard InChI is InChI=1S/C5H11NOS/c1-3-5(6)4(7)2-8-3/h3-5,7H,2,6H2,1H3.